The summed E-state index contributed by atoms with van der Waals surface area (Å²) in [6, 6.07) is 20.0. The molecule has 0 radical (unpaired) electrons. The number of aryl methyl sites for hydroxylation is 1. The molecule has 2 aliphatic carbocycles. The largest absolute Gasteiger partial charge is 0.481 e. The van der Waals surface area contributed by atoms with E-state index in [1.54, 1.807) is 0 Å². The molecule has 3 heterocycles. The number of benzene rings is 2. The highest BCUT2D eigenvalue weighted by Gasteiger charge is 2.63. The summed E-state index contributed by atoms with van der Waals surface area (Å²) in [7, 11) is 0. The number of carboxylic acids is 1. The van der Waals surface area contributed by atoms with E-state index in [0.717, 1.165) is 63.3 Å². The summed E-state index contributed by atoms with van der Waals surface area (Å²) in [4.78, 5) is 16.6. The number of aliphatic hydroxyl groups excluding tert-OH is 1. The maximum Gasteiger partial charge on any atom is 0.307 e. The Hall–Kier alpha value is -4.30. The maximum absolute atomic E-state index is 11.5. The van der Waals surface area contributed by atoms with Gasteiger partial charge in [0, 0.05) is 39.5 Å². The molecule has 2 aliphatic rings. The van der Waals surface area contributed by atoms with Gasteiger partial charge in [-0.2, -0.15) is 10.2 Å². The molecule has 0 amide bonds. The number of aliphatic hydroxyl groups is 1. The zero-order valence-electron chi connectivity index (χ0n) is 25.9. The third-order valence-electron chi connectivity index (χ3n) is 10.0. The quantitative estimate of drug-likeness (QED) is 0.207. The van der Waals surface area contributed by atoms with Gasteiger partial charge in [0.2, 0.25) is 0 Å². The Morgan fingerprint density at radius 3 is 2.39 bits per heavy atom. The lowest BCUT2D eigenvalue weighted by atomic mass is 9.80. The minimum atomic E-state index is -0.657. The summed E-state index contributed by atoms with van der Waals surface area (Å²) in [6.07, 6.45) is 3.11. The predicted octanol–water partition coefficient (Wildman–Crippen LogP) is 6.76. The topological polar surface area (TPSA) is 106 Å². The fourth-order valence-electron chi connectivity index (χ4n) is 7.80. The highest BCUT2D eigenvalue weighted by atomic mass is 16.4. The van der Waals surface area contributed by atoms with Gasteiger partial charge in [0.15, 0.2) is 0 Å². The second kappa shape index (κ2) is 10.4. The molecule has 0 spiro atoms. The first-order valence-corrected chi connectivity index (χ1v) is 15.6. The minimum Gasteiger partial charge on any atom is -0.481 e. The Morgan fingerprint density at radius 2 is 1.73 bits per heavy atom. The number of pyridine rings is 1. The van der Waals surface area contributed by atoms with Crippen LogP contribution >= 0.6 is 0 Å². The predicted molar refractivity (Wildman–Crippen MR) is 170 cm³/mol. The molecule has 3 atom stereocenters. The van der Waals surface area contributed by atoms with Crippen molar-refractivity contribution in [3.8, 4) is 16.9 Å². The molecule has 3 aromatic heterocycles. The van der Waals surface area contributed by atoms with Crippen molar-refractivity contribution in [2.24, 2.45) is 17.8 Å². The number of nitrogens with zero attached hydrogens (tertiary/aromatic N) is 5. The number of aromatic nitrogens is 5. The van der Waals surface area contributed by atoms with Crippen LogP contribution in [-0.2, 0) is 16.8 Å². The van der Waals surface area contributed by atoms with Gasteiger partial charge >= 0.3 is 5.97 Å². The minimum absolute atomic E-state index is 0.0954. The second-order valence-electron chi connectivity index (χ2n) is 13.4. The number of fused-ring (bicyclic) bond motifs is 2. The van der Waals surface area contributed by atoms with Crippen molar-refractivity contribution >= 4 is 16.9 Å². The summed E-state index contributed by atoms with van der Waals surface area (Å²) in [6.45, 7) is 11.1. The van der Waals surface area contributed by atoms with Gasteiger partial charge in [0.1, 0.15) is 0 Å². The average molecular weight is 590 g/mol. The summed E-state index contributed by atoms with van der Waals surface area (Å²) in [5, 5.41) is 31.3. The van der Waals surface area contributed by atoms with Gasteiger partial charge in [0.25, 0.3) is 0 Å². The van der Waals surface area contributed by atoms with Crippen LogP contribution in [0.2, 0.25) is 0 Å². The lowest BCUT2D eigenvalue weighted by molar-refractivity contribution is -0.139. The van der Waals surface area contributed by atoms with Crippen molar-refractivity contribution in [3.05, 3.63) is 95.1 Å². The number of hydrogen-bond donors (Lipinski definition) is 2. The fraction of sp³-hybridized carbons (Fsp3) is 0.389. The molecular formula is C36H39N5O3. The Labute approximate surface area is 257 Å². The first-order chi connectivity index (χ1) is 21.1. The number of carboxylic acid groups (broad SMARTS) is 1. The Balaban J connectivity index is 1.23. The normalized spacial score (nSPS) is 23.3. The molecule has 0 aliphatic heterocycles. The molecule has 0 bridgehead atoms. The molecule has 226 valence electrons. The van der Waals surface area contributed by atoms with E-state index in [2.05, 4.69) is 45.9 Å². The fourth-order valence-corrected chi connectivity index (χ4v) is 7.80. The van der Waals surface area contributed by atoms with Crippen LogP contribution in [-0.4, -0.2) is 40.7 Å². The van der Waals surface area contributed by atoms with E-state index in [4.69, 9.17) is 15.2 Å². The van der Waals surface area contributed by atoms with E-state index in [1.807, 2.05) is 64.9 Å². The maximum atomic E-state index is 11.5. The van der Waals surface area contributed by atoms with Gasteiger partial charge in [-0.1, -0.05) is 63.2 Å². The van der Waals surface area contributed by atoms with E-state index in [9.17, 15) is 15.0 Å². The molecule has 2 saturated carbocycles. The van der Waals surface area contributed by atoms with Crippen LogP contribution in [0.4, 0.5) is 0 Å². The first-order valence-electron chi connectivity index (χ1n) is 15.6. The van der Waals surface area contributed by atoms with Crippen molar-refractivity contribution < 1.29 is 15.0 Å². The van der Waals surface area contributed by atoms with Crippen LogP contribution in [0.5, 0.6) is 0 Å². The highest BCUT2D eigenvalue weighted by molar-refractivity contribution is 5.94. The highest BCUT2D eigenvalue weighted by Crippen LogP contribution is 2.64. The van der Waals surface area contributed by atoms with Crippen LogP contribution in [0, 0.1) is 31.6 Å². The molecule has 2 aromatic carbocycles. The van der Waals surface area contributed by atoms with Gasteiger partial charge in [0.05, 0.1) is 41.2 Å². The van der Waals surface area contributed by atoms with Crippen molar-refractivity contribution in [1.29, 1.82) is 0 Å². The lowest BCUT2D eigenvalue weighted by Crippen LogP contribution is -2.24. The van der Waals surface area contributed by atoms with Gasteiger partial charge in [-0.25, -0.2) is 4.68 Å². The van der Waals surface area contributed by atoms with E-state index in [-0.39, 0.29) is 29.1 Å². The van der Waals surface area contributed by atoms with Gasteiger partial charge in [-0.3, -0.25) is 14.5 Å². The lowest BCUT2D eigenvalue weighted by Gasteiger charge is -2.27. The summed E-state index contributed by atoms with van der Waals surface area (Å²) < 4.78 is 3.85. The smallest absolute Gasteiger partial charge is 0.307 e. The molecule has 8 nitrogen and oxygen atoms in total. The molecule has 0 saturated heterocycles. The average Bonchev–Trinajstić information content (AvgIpc) is 3.28. The van der Waals surface area contributed by atoms with Crippen LogP contribution in [0.1, 0.15) is 73.8 Å². The monoisotopic (exact) mass is 589 g/mol. The van der Waals surface area contributed by atoms with Crippen molar-refractivity contribution in [2.45, 2.75) is 71.4 Å². The van der Waals surface area contributed by atoms with Crippen molar-refractivity contribution in [2.75, 3.05) is 0 Å². The molecule has 5 aromatic rings. The van der Waals surface area contributed by atoms with E-state index < -0.39 is 12.1 Å². The van der Waals surface area contributed by atoms with Gasteiger partial charge in [-0.05, 0) is 68.2 Å². The molecule has 8 heteroatoms. The standard InChI is InChI=1S/C36H39N5O3/c1-20(2)32-22(4)41(29-14-15-31(37-21(29)3)36(5)16-25-26(17-36)33(25)35(43)44)39-34(32)24-12-9-13-28-27(24)18-40(38-28)19-30(42)23-10-7-6-8-11-23/h6-15,18,20,25-26,30,33,42H,16-17,19H2,1-5H3,(H,43,44). The summed E-state index contributed by atoms with van der Waals surface area (Å²) in [5.41, 5.74) is 8.73. The number of aliphatic carboxylic acids is 1. The van der Waals surface area contributed by atoms with Crippen LogP contribution < -0.4 is 0 Å². The Kier molecular flexibility index (Phi) is 6.73. The Morgan fingerprint density at radius 1 is 1.00 bits per heavy atom. The molecule has 3 unspecified atom stereocenters. The van der Waals surface area contributed by atoms with Crippen LogP contribution in [0.25, 0.3) is 27.8 Å². The van der Waals surface area contributed by atoms with E-state index in [0.29, 0.717) is 6.54 Å². The zero-order chi connectivity index (χ0) is 30.9. The molecular weight excluding hydrogens is 550 g/mol. The zero-order valence-corrected chi connectivity index (χ0v) is 25.9. The number of hydrogen-bond acceptors (Lipinski definition) is 5. The molecule has 2 fully saturated rings. The first kappa shape index (κ1) is 28.5. The third-order valence-corrected chi connectivity index (χ3v) is 10.0. The number of carbonyl (C=O) groups is 1. The van der Waals surface area contributed by atoms with Gasteiger partial charge in [-0.15, -0.1) is 0 Å². The number of rotatable bonds is 8. The van der Waals surface area contributed by atoms with Crippen molar-refractivity contribution in [3.63, 3.8) is 0 Å². The SMILES string of the molecule is Cc1nc(C2(C)CC3C(C2)C3C(=O)O)ccc1-n1nc(-c2cccc3nn(CC(O)c4ccccc4)cc23)c(C(C)C)c1C. The van der Waals surface area contributed by atoms with Gasteiger partial charge < -0.3 is 10.2 Å². The summed E-state index contributed by atoms with van der Waals surface area (Å²) in [5.74, 6) is -0.0356. The van der Waals surface area contributed by atoms with E-state index in [1.165, 1.54) is 5.56 Å². The third kappa shape index (κ3) is 4.63. The Bertz CT molecular complexity index is 1880. The molecule has 7 rings (SSSR count). The summed E-state index contributed by atoms with van der Waals surface area (Å²) >= 11 is 0. The molecule has 44 heavy (non-hydrogen) atoms. The second-order valence-corrected chi connectivity index (χ2v) is 13.4. The molecule has 2 N–H and O–H groups in total. The van der Waals surface area contributed by atoms with Crippen molar-refractivity contribution in [1.82, 2.24) is 24.5 Å². The van der Waals surface area contributed by atoms with E-state index >= 15 is 0 Å². The van der Waals surface area contributed by atoms with Crippen LogP contribution in [0.15, 0.2) is 66.9 Å². The van der Waals surface area contributed by atoms with Crippen LogP contribution in [0.3, 0.4) is 0 Å².